The molecule has 0 fully saturated rings. The monoisotopic (exact) mass is 594 g/mol. The smallest absolute Gasteiger partial charge is 0.271 e. The predicted octanol–water partition coefficient (Wildman–Crippen LogP) is 2.79. The number of rotatable bonds is 14. The van der Waals surface area contributed by atoms with Crippen LogP contribution in [0.1, 0.15) is 54.2 Å². The summed E-state index contributed by atoms with van der Waals surface area (Å²) in [6.45, 7) is 4.83. The average Bonchev–Trinajstić information content (AvgIpc) is 2.93. The fourth-order valence-corrected chi connectivity index (χ4v) is 5.42. The van der Waals surface area contributed by atoms with E-state index in [-0.39, 0.29) is 18.7 Å². The van der Waals surface area contributed by atoms with E-state index in [1.807, 2.05) is 37.3 Å². The maximum absolute atomic E-state index is 13.2. The molecule has 3 aromatic rings. The standard InChI is InChI=1S/C31H38N4O6S/c1-4-23-16-22(14-15-24(23)25-12-8-9-13-26(25)29(32)37)18-34-30(38)27(35-28(36)17-31(2,3)33)19-41-42(39,40)20-21-10-6-5-7-11-21/h5-16,27H,4,17-20,33H2,1-3H3,(H2,32,37)(H,34,38)(H,35,36)/t27-/m1/s1. The van der Waals surface area contributed by atoms with Gasteiger partial charge in [0.25, 0.3) is 10.1 Å². The van der Waals surface area contributed by atoms with Crippen LogP contribution in [0.5, 0.6) is 0 Å². The van der Waals surface area contributed by atoms with Crippen LogP contribution in [-0.2, 0) is 42.6 Å². The molecule has 0 saturated carbocycles. The van der Waals surface area contributed by atoms with Crippen molar-refractivity contribution in [3.8, 4) is 11.1 Å². The third-order valence-electron chi connectivity index (χ3n) is 6.37. The van der Waals surface area contributed by atoms with E-state index in [1.165, 1.54) is 0 Å². The zero-order valence-corrected chi connectivity index (χ0v) is 24.9. The first-order chi connectivity index (χ1) is 19.8. The van der Waals surface area contributed by atoms with Crippen LogP contribution in [-0.4, -0.2) is 44.3 Å². The number of benzene rings is 3. The molecule has 0 unspecified atom stereocenters. The van der Waals surface area contributed by atoms with Crippen molar-refractivity contribution in [3.63, 3.8) is 0 Å². The first-order valence-corrected chi connectivity index (χ1v) is 15.1. The highest BCUT2D eigenvalue weighted by molar-refractivity contribution is 7.85. The van der Waals surface area contributed by atoms with Gasteiger partial charge in [-0.2, -0.15) is 8.42 Å². The summed E-state index contributed by atoms with van der Waals surface area (Å²) in [5.74, 6) is -2.04. The highest BCUT2D eigenvalue weighted by Crippen LogP contribution is 2.28. The van der Waals surface area contributed by atoms with E-state index in [4.69, 9.17) is 15.7 Å². The zero-order valence-electron chi connectivity index (χ0n) is 24.1. The molecular weight excluding hydrogens is 556 g/mol. The summed E-state index contributed by atoms with van der Waals surface area (Å²) in [5.41, 5.74) is 14.9. The lowest BCUT2D eigenvalue weighted by Gasteiger charge is -2.22. The van der Waals surface area contributed by atoms with Gasteiger partial charge >= 0.3 is 0 Å². The van der Waals surface area contributed by atoms with E-state index in [0.717, 1.165) is 22.3 Å². The largest absolute Gasteiger partial charge is 0.366 e. The van der Waals surface area contributed by atoms with E-state index in [9.17, 15) is 22.8 Å². The average molecular weight is 595 g/mol. The summed E-state index contributed by atoms with van der Waals surface area (Å²) < 4.78 is 30.3. The molecule has 0 spiro atoms. The molecule has 3 amide bonds. The quantitative estimate of drug-likeness (QED) is 0.208. The molecule has 0 aliphatic heterocycles. The lowest BCUT2D eigenvalue weighted by molar-refractivity contribution is -0.130. The Morgan fingerprint density at radius 1 is 0.929 bits per heavy atom. The topological polar surface area (TPSA) is 171 Å². The molecule has 0 aromatic heterocycles. The molecule has 10 nitrogen and oxygen atoms in total. The normalized spacial score (nSPS) is 12.4. The van der Waals surface area contributed by atoms with Crippen LogP contribution in [0, 0.1) is 0 Å². The van der Waals surface area contributed by atoms with Crippen LogP contribution in [0.15, 0.2) is 72.8 Å². The molecule has 0 aliphatic carbocycles. The van der Waals surface area contributed by atoms with Gasteiger partial charge in [-0.3, -0.25) is 18.6 Å². The Morgan fingerprint density at radius 3 is 2.24 bits per heavy atom. The van der Waals surface area contributed by atoms with Crippen molar-refractivity contribution in [2.24, 2.45) is 11.5 Å². The van der Waals surface area contributed by atoms with Crippen LogP contribution >= 0.6 is 0 Å². The molecule has 0 radical (unpaired) electrons. The van der Waals surface area contributed by atoms with E-state index in [0.29, 0.717) is 17.5 Å². The van der Waals surface area contributed by atoms with Crippen LogP contribution in [0.25, 0.3) is 11.1 Å². The van der Waals surface area contributed by atoms with E-state index in [2.05, 4.69) is 10.6 Å². The van der Waals surface area contributed by atoms with Crippen LogP contribution < -0.4 is 22.1 Å². The minimum atomic E-state index is -4.04. The second-order valence-corrected chi connectivity index (χ2v) is 12.4. The Kier molecular flexibility index (Phi) is 11.0. The number of primary amides is 1. The number of hydrogen-bond donors (Lipinski definition) is 4. The zero-order chi connectivity index (χ0) is 30.9. The van der Waals surface area contributed by atoms with Gasteiger partial charge in [0.05, 0.1) is 6.61 Å². The molecule has 3 rings (SSSR count). The second-order valence-electron chi connectivity index (χ2n) is 10.7. The number of nitrogens with two attached hydrogens (primary N) is 2. The fourth-order valence-electron chi connectivity index (χ4n) is 4.39. The first-order valence-electron chi connectivity index (χ1n) is 13.6. The van der Waals surface area contributed by atoms with Gasteiger partial charge < -0.3 is 22.1 Å². The van der Waals surface area contributed by atoms with Gasteiger partial charge in [0, 0.05) is 24.1 Å². The van der Waals surface area contributed by atoms with Gasteiger partial charge in [0.15, 0.2) is 0 Å². The van der Waals surface area contributed by atoms with Gasteiger partial charge in [-0.1, -0.05) is 73.7 Å². The van der Waals surface area contributed by atoms with E-state index in [1.54, 1.807) is 56.3 Å². The summed E-state index contributed by atoms with van der Waals surface area (Å²) in [6.07, 6.45) is 0.576. The maximum Gasteiger partial charge on any atom is 0.271 e. The van der Waals surface area contributed by atoms with Crippen molar-refractivity contribution in [1.82, 2.24) is 10.6 Å². The summed E-state index contributed by atoms with van der Waals surface area (Å²) in [4.78, 5) is 37.7. The predicted molar refractivity (Wildman–Crippen MR) is 161 cm³/mol. The van der Waals surface area contributed by atoms with Gasteiger partial charge in [0.2, 0.25) is 17.7 Å². The van der Waals surface area contributed by atoms with E-state index >= 15 is 0 Å². The molecule has 224 valence electrons. The molecule has 11 heteroatoms. The number of carbonyl (C=O) groups is 3. The van der Waals surface area contributed by atoms with Crippen LogP contribution in [0.2, 0.25) is 0 Å². The van der Waals surface area contributed by atoms with Gasteiger partial charge in [-0.25, -0.2) is 0 Å². The Hall–Kier alpha value is -4.06. The SMILES string of the molecule is CCc1cc(CNC(=O)[C@@H](COS(=O)(=O)Cc2ccccc2)NC(=O)CC(C)(C)N)ccc1-c1ccccc1C(N)=O. The highest BCUT2D eigenvalue weighted by Gasteiger charge is 2.26. The Balaban J connectivity index is 1.74. The number of aryl methyl sites for hydroxylation is 1. The molecular formula is C31H38N4O6S. The molecule has 0 bridgehead atoms. The van der Waals surface area contributed by atoms with E-state index < -0.39 is 46.0 Å². The van der Waals surface area contributed by atoms with Crippen molar-refractivity contribution in [2.45, 2.75) is 57.5 Å². The molecule has 6 N–H and O–H groups in total. The minimum absolute atomic E-state index is 0.0817. The summed E-state index contributed by atoms with van der Waals surface area (Å²) in [6, 6.07) is 19.9. The lowest BCUT2D eigenvalue weighted by atomic mass is 9.92. The number of amides is 3. The molecule has 42 heavy (non-hydrogen) atoms. The van der Waals surface area contributed by atoms with Gasteiger partial charge in [-0.15, -0.1) is 0 Å². The van der Waals surface area contributed by atoms with Gasteiger partial charge in [0.1, 0.15) is 11.8 Å². The third kappa shape index (κ3) is 9.79. The first kappa shape index (κ1) is 32.5. The molecule has 0 aliphatic rings. The molecule has 3 aromatic carbocycles. The maximum atomic E-state index is 13.2. The summed E-state index contributed by atoms with van der Waals surface area (Å²) in [5, 5.41) is 5.31. The lowest BCUT2D eigenvalue weighted by Crippen LogP contribution is -2.51. The Bertz CT molecular complexity index is 1520. The molecule has 1 atom stereocenters. The van der Waals surface area contributed by atoms with Crippen molar-refractivity contribution in [3.05, 3.63) is 95.1 Å². The Labute approximate surface area is 247 Å². The molecule has 0 saturated heterocycles. The highest BCUT2D eigenvalue weighted by atomic mass is 32.2. The van der Waals surface area contributed by atoms with Crippen molar-refractivity contribution < 1.29 is 27.0 Å². The molecule has 0 heterocycles. The second kappa shape index (κ2) is 14.2. The van der Waals surface area contributed by atoms with Gasteiger partial charge in [-0.05, 0) is 54.2 Å². The van der Waals surface area contributed by atoms with Crippen molar-refractivity contribution >= 4 is 27.8 Å². The van der Waals surface area contributed by atoms with Crippen molar-refractivity contribution in [2.75, 3.05) is 6.61 Å². The van der Waals surface area contributed by atoms with Crippen LogP contribution in [0.4, 0.5) is 0 Å². The summed E-state index contributed by atoms with van der Waals surface area (Å²) >= 11 is 0. The number of nitrogens with one attached hydrogen (secondary N) is 2. The minimum Gasteiger partial charge on any atom is -0.366 e. The number of carbonyl (C=O) groups excluding carboxylic acids is 3. The number of hydrogen-bond acceptors (Lipinski definition) is 7. The summed E-state index contributed by atoms with van der Waals surface area (Å²) in [7, 11) is -4.04. The third-order valence-corrected chi connectivity index (χ3v) is 7.55. The Morgan fingerprint density at radius 2 is 1.60 bits per heavy atom. The fraction of sp³-hybridized carbons (Fsp3) is 0.323. The van der Waals surface area contributed by atoms with Crippen LogP contribution in [0.3, 0.4) is 0 Å². The van der Waals surface area contributed by atoms with Crippen molar-refractivity contribution in [1.29, 1.82) is 0 Å².